The Hall–Kier alpha value is -0.650. The van der Waals surface area contributed by atoms with Gasteiger partial charge in [-0.2, -0.15) is 0 Å². The fourth-order valence-electron chi connectivity index (χ4n) is 0.774. The van der Waals surface area contributed by atoms with Crippen molar-refractivity contribution >= 4 is 10.1 Å². The monoisotopic (exact) mass is 249 g/mol. The number of likely N-dealkylation sites (N-methyl/N-ethyl adjacent to an activating group) is 1. The molecule has 4 nitrogen and oxygen atoms in total. The van der Waals surface area contributed by atoms with E-state index in [4.69, 9.17) is 0 Å². The van der Waals surface area contributed by atoms with Crippen LogP contribution in [-0.4, -0.2) is 49.9 Å². The van der Waals surface area contributed by atoms with Crippen LogP contribution in [0.5, 0.6) is 0 Å². The van der Waals surface area contributed by atoms with Gasteiger partial charge in [-0.3, -0.25) is 0 Å². The topological polar surface area (TPSA) is 57.2 Å². The van der Waals surface area contributed by atoms with E-state index < -0.39 is 15.4 Å². The molecule has 0 aliphatic rings. The Morgan fingerprint density at radius 2 is 1.44 bits per heavy atom. The molecular weight excluding hydrogens is 226 g/mol. The first-order chi connectivity index (χ1) is 7.06. The summed E-state index contributed by atoms with van der Waals surface area (Å²) in [4.78, 5) is 0. The molecule has 0 atom stereocenters. The Kier molecular flexibility index (Phi) is 8.42. The smallest absolute Gasteiger partial charge is 0.0969 e. The van der Waals surface area contributed by atoms with E-state index in [1.165, 1.54) is 13.8 Å². The SMILES string of the molecule is C=CC[N+](C)(C)CC=C.CC(C)S(=O)(=O)[O-]. The van der Waals surface area contributed by atoms with E-state index in [1.54, 1.807) is 0 Å². The minimum absolute atomic E-state index is 0.785. The van der Waals surface area contributed by atoms with Gasteiger partial charge in [-0.15, -0.1) is 0 Å². The van der Waals surface area contributed by atoms with Crippen molar-refractivity contribution in [3.8, 4) is 0 Å². The summed E-state index contributed by atoms with van der Waals surface area (Å²) in [5, 5.41) is -0.785. The second kappa shape index (κ2) is 7.60. The molecule has 0 aromatic heterocycles. The molecule has 0 fully saturated rings. The predicted molar refractivity (Wildman–Crippen MR) is 67.1 cm³/mol. The Morgan fingerprint density at radius 1 is 1.19 bits per heavy atom. The maximum absolute atomic E-state index is 9.78. The predicted octanol–water partition coefficient (Wildman–Crippen LogP) is 1.37. The van der Waals surface area contributed by atoms with Crippen molar-refractivity contribution in [3.05, 3.63) is 25.3 Å². The van der Waals surface area contributed by atoms with Gasteiger partial charge in [0.25, 0.3) is 0 Å². The summed E-state index contributed by atoms with van der Waals surface area (Å²) >= 11 is 0. The quantitative estimate of drug-likeness (QED) is 0.420. The first-order valence-electron chi connectivity index (χ1n) is 5.05. The lowest BCUT2D eigenvalue weighted by molar-refractivity contribution is -0.878. The second-order valence-electron chi connectivity index (χ2n) is 4.42. The summed E-state index contributed by atoms with van der Waals surface area (Å²) in [6.45, 7) is 12.1. The highest BCUT2D eigenvalue weighted by atomic mass is 32.2. The molecule has 0 saturated heterocycles. The summed E-state index contributed by atoms with van der Waals surface area (Å²) in [5.41, 5.74) is 0. The summed E-state index contributed by atoms with van der Waals surface area (Å²) in [5.74, 6) is 0. The van der Waals surface area contributed by atoms with Crippen LogP contribution in [0.2, 0.25) is 0 Å². The number of rotatable bonds is 5. The maximum atomic E-state index is 9.78. The van der Waals surface area contributed by atoms with Crippen LogP contribution < -0.4 is 0 Å². The van der Waals surface area contributed by atoms with Gasteiger partial charge in [-0.1, -0.05) is 13.2 Å². The van der Waals surface area contributed by atoms with Crippen LogP contribution in [0.15, 0.2) is 25.3 Å². The first-order valence-corrected chi connectivity index (χ1v) is 6.52. The lowest BCUT2D eigenvalue weighted by Crippen LogP contribution is -2.39. The summed E-state index contributed by atoms with van der Waals surface area (Å²) < 4.78 is 30.3. The van der Waals surface area contributed by atoms with Gasteiger partial charge in [0.05, 0.1) is 37.3 Å². The highest BCUT2D eigenvalue weighted by Crippen LogP contribution is 1.95. The van der Waals surface area contributed by atoms with E-state index in [2.05, 4.69) is 27.3 Å². The van der Waals surface area contributed by atoms with Crippen LogP contribution in [0.1, 0.15) is 13.8 Å². The van der Waals surface area contributed by atoms with E-state index in [0.717, 1.165) is 17.6 Å². The van der Waals surface area contributed by atoms with Crippen LogP contribution in [0.25, 0.3) is 0 Å². The molecular formula is C11H23NO3S. The van der Waals surface area contributed by atoms with Gasteiger partial charge in [0.1, 0.15) is 0 Å². The second-order valence-corrected chi connectivity index (χ2v) is 6.35. The molecule has 96 valence electrons. The third-order valence-electron chi connectivity index (χ3n) is 1.82. The van der Waals surface area contributed by atoms with Crippen LogP contribution in [0.3, 0.4) is 0 Å². The third kappa shape index (κ3) is 11.4. The minimum Gasteiger partial charge on any atom is -0.748 e. The Labute approximate surface area is 99.6 Å². The fraction of sp³-hybridized carbons (Fsp3) is 0.636. The average Bonchev–Trinajstić information content (AvgIpc) is 2.02. The number of hydrogen-bond donors (Lipinski definition) is 0. The minimum atomic E-state index is -3.99. The van der Waals surface area contributed by atoms with Crippen LogP contribution in [0.4, 0.5) is 0 Å². The summed E-state index contributed by atoms with van der Waals surface area (Å²) in [6.07, 6.45) is 3.87. The van der Waals surface area contributed by atoms with Crippen molar-refractivity contribution in [2.24, 2.45) is 0 Å². The van der Waals surface area contributed by atoms with Gasteiger partial charge in [0, 0.05) is 5.25 Å². The maximum Gasteiger partial charge on any atom is 0.0969 e. The van der Waals surface area contributed by atoms with E-state index in [1.807, 2.05) is 12.2 Å². The standard InChI is InChI=1S/C8H16N.C3H8O3S/c1-5-7-9(3,4)8-6-2;1-3(2)7(4,5)6/h5-6H,1-2,7-8H2,3-4H3;3H,1-2H3,(H,4,5,6)/q+1;/p-1. The average molecular weight is 249 g/mol. The molecule has 0 radical (unpaired) electrons. The normalized spacial score (nSPS) is 11.6. The molecule has 0 saturated carbocycles. The first kappa shape index (κ1) is 17.7. The van der Waals surface area contributed by atoms with Crippen LogP contribution in [0, 0.1) is 0 Å². The molecule has 16 heavy (non-hydrogen) atoms. The molecule has 5 heteroatoms. The van der Waals surface area contributed by atoms with Gasteiger partial charge in [0.15, 0.2) is 0 Å². The Bertz CT molecular complexity index is 293. The largest absolute Gasteiger partial charge is 0.748 e. The molecule has 0 heterocycles. The highest BCUT2D eigenvalue weighted by Gasteiger charge is 2.07. The summed E-state index contributed by atoms with van der Waals surface area (Å²) in [7, 11) is 0.321. The van der Waals surface area contributed by atoms with Gasteiger partial charge in [-0.25, -0.2) is 8.42 Å². The molecule has 0 N–H and O–H groups in total. The zero-order valence-corrected chi connectivity index (χ0v) is 11.5. The summed E-state index contributed by atoms with van der Waals surface area (Å²) in [6, 6.07) is 0. The Balaban J connectivity index is 0. The number of hydrogen-bond acceptors (Lipinski definition) is 3. The van der Waals surface area contributed by atoms with Crippen molar-refractivity contribution in [1.82, 2.24) is 0 Å². The number of nitrogens with zero attached hydrogens (tertiary/aromatic N) is 1. The van der Waals surface area contributed by atoms with E-state index in [0.29, 0.717) is 0 Å². The van der Waals surface area contributed by atoms with Crippen molar-refractivity contribution in [1.29, 1.82) is 0 Å². The molecule has 0 amide bonds. The van der Waals surface area contributed by atoms with Gasteiger partial charge in [-0.05, 0) is 26.0 Å². The van der Waals surface area contributed by atoms with E-state index in [-0.39, 0.29) is 0 Å². The van der Waals surface area contributed by atoms with Crippen molar-refractivity contribution < 1.29 is 17.5 Å². The number of quaternary nitrogens is 1. The van der Waals surface area contributed by atoms with Crippen LogP contribution >= 0.6 is 0 Å². The van der Waals surface area contributed by atoms with E-state index in [9.17, 15) is 13.0 Å². The van der Waals surface area contributed by atoms with Crippen LogP contribution in [-0.2, 0) is 10.1 Å². The lowest BCUT2D eigenvalue weighted by Gasteiger charge is -2.26. The van der Waals surface area contributed by atoms with Crippen molar-refractivity contribution in [2.75, 3.05) is 27.2 Å². The molecule has 0 unspecified atom stereocenters. The van der Waals surface area contributed by atoms with Crippen molar-refractivity contribution in [3.63, 3.8) is 0 Å². The van der Waals surface area contributed by atoms with Crippen molar-refractivity contribution in [2.45, 2.75) is 19.1 Å². The molecule has 0 bridgehead atoms. The van der Waals surface area contributed by atoms with Gasteiger partial charge < -0.3 is 9.04 Å². The molecule has 0 rings (SSSR count). The molecule has 0 aromatic carbocycles. The van der Waals surface area contributed by atoms with E-state index >= 15 is 0 Å². The fourth-order valence-corrected chi connectivity index (χ4v) is 0.774. The highest BCUT2D eigenvalue weighted by molar-refractivity contribution is 7.86. The lowest BCUT2D eigenvalue weighted by atomic mass is 10.4. The molecule has 0 aromatic rings. The molecule has 0 aliphatic heterocycles. The third-order valence-corrected chi connectivity index (χ3v) is 2.98. The Morgan fingerprint density at radius 3 is 1.56 bits per heavy atom. The zero-order valence-electron chi connectivity index (χ0n) is 10.6. The van der Waals surface area contributed by atoms with Gasteiger partial charge in [0.2, 0.25) is 0 Å². The zero-order chi connectivity index (χ0) is 13.4. The molecule has 0 spiro atoms. The van der Waals surface area contributed by atoms with Gasteiger partial charge >= 0.3 is 0 Å². The molecule has 0 aliphatic carbocycles.